The van der Waals surface area contributed by atoms with Crippen molar-refractivity contribution in [2.24, 2.45) is 11.8 Å². The first-order chi connectivity index (χ1) is 11.6. The molecule has 1 unspecified atom stereocenters. The highest BCUT2D eigenvalue weighted by Gasteiger charge is 2.39. The topological polar surface area (TPSA) is 77.8 Å². The minimum atomic E-state index is -0.601. The average Bonchev–Trinajstić information content (AvgIpc) is 2.82. The molecule has 0 aromatic rings. The molecule has 0 aromatic heterocycles. The third kappa shape index (κ3) is 7.91. The maximum atomic E-state index is 12.1. The number of Topliss-reactive ketones (excluding diaryl/α,β-unsaturated/α-hetero) is 1. The minimum Gasteiger partial charge on any atom is -0.396 e. The molecular formula is C20H36O4. The first-order valence-electron chi connectivity index (χ1n) is 9.78. The largest absolute Gasteiger partial charge is 0.396 e. The van der Waals surface area contributed by atoms with Gasteiger partial charge in [-0.15, -0.1) is 0 Å². The van der Waals surface area contributed by atoms with Crippen LogP contribution in [-0.2, 0) is 4.79 Å². The van der Waals surface area contributed by atoms with Crippen molar-refractivity contribution in [1.82, 2.24) is 0 Å². The fraction of sp³-hybridized carbons (Fsp3) is 0.850. The number of carbonyl (C=O) groups excluding carboxylic acids is 1. The molecule has 1 saturated carbocycles. The zero-order valence-corrected chi connectivity index (χ0v) is 15.2. The lowest BCUT2D eigenvalue weighted by Crippen LogP contribution is -2.19. The van der Waals surface area contributed by atoms with E-state index in [1.165, 1.54) is 0 Å². The maximum absolute atomic E-state index is 12.1. The lowest BCUT2D eigenvalue weighted by Gasteiger charge is -2.18. The molecule has 0 amide bonds. The summed E-state index contributed by atoms with van der Waals surface area (Å²) in [6.07, 6.45) is 12.7. The molecule has 1 aliphatic carbocycles. The Balaban J connectivity index is 2.40. The van der Waals surface area contributed by atoms with E-state index in [2.05, 4.69) is 6.92 Å². The van der Waals surface area contributed by atoms with E-state index in [-0.39, 0.29) is 30.6 Å². The van der Waals surface area contributed by atoms with Gasteiger partial charge < -0.3 is 15.3 Å². The quantitative estimate of drug-likeness (QED) is 0.355. The first kappa shape index (κ1) is 21.3. The Morgan fingerprint density at radius 1 is 1.12 bits per heavy atom. The normalized spacial score (nSPS) is 25.7. The second-order valence-corrected chi connectivity index (χ2v) is 7.15. The Kier molecular flexibility index (Phi) is 11.2. The molecule has 0 radical (unpaired) electrons. The van der Waals surface area contributed by atoms with Gasteiger partial charge in [-0.3, -0.25) is 4.79 Å². The van der Waals surface area contributed by atoms with E-state index in [9.17, 15) is 15.0 Å². The van der Waals surface area contributed by atoms with E-state index in [1.807, 2.05) is 6.08 Å². The van der Waals surface area contributed by atoms with Crippen LogP contribution in [0.3, 0.4) is 0 Å². The zero-order valence-electron chi connectivity index (χ0n) is 15.2. The van der Waals surface area contributed by atoms with Crippen LogP contribution in [0.25, 0.3) is 0 Å². The number of unbranched alkanes of at least 4 members (excludes halogenated alkanes) is 6. The number of aliphatic hydroxyl groups excluding tert-OH is 3. The van der Waals surface area contributed by atoms with E-state index in [0.717, 1.165) is 64.2 Å². The van der Waals surface area contributed by atoms with Crippen LogP contribution in [0.15, 0.2) is 12.2 Å². The number of aliphatic hydroxyl groups is 3. The molecule has 140 valence electrons. The standard InChI is InChI=1S/C20H36O4/c1-2-3-7-10-16(22)12-13-18-17(19(23)15-20(18)24)11-8-5-4-6-9-14-21/h12-13,16-18,20-22,24H,2-11,14-15H2,1H3/b13-12+/t16-,17?,18+,20+/m0/s1. The van der Waals surface area contributed by atoms with Gasteiger partial charge in [-0.25, -0.2) is 0 Å². The van der Waals surface area contributed by atoms with E-state index in [0.29, 0.717) is 0 Å². The fourth-order valence-corrected chi connectivity index (χ4v) is 3.55. The van der Waals surface area contributed by atoms with Crippen molar-refractivity contribution in [2.45, 2.75) is 89.8 Å². The van der Waals surface area contributed by atoms with Gasteiger partial charge in [0.15, 0.2) is 0 Å². The molecule has 4 nitrogen and oxygen atoms in total. The highest BCUT2D eigenvalue weighted by atomic mass is 16.3. The molecule has 4 heteroatoms. The summed E-state index contributed by atoms with van der Waals surface area (Å²) in [5.74, 6) is -0.0827. The summed E-state index contributed by atoms with van der Waals surface area (Å²) in [5.41, 5.74) is 0. The van der Waals surface area contributed by atoms with Crippen molar-refractivity contribution >= 4 is 5.78 Å². The van der Waals surface area contributed by atoms with Gasteiger partial charge in [0.25, 0.3) is 0 Å². The lowest BCUT2D eigenvalue weighted by atomic mass is 9.88. The van der Waals surface area contributed by atoms with Crippen LogP contribution in [0, 0.1) is 11.8 Å². The number of hydrogen-bond donors (Lipinski definition) is 3. The summed E-state index contributed by atoms with van der Waals surface area (Å²) in [6.45, 7) is 2.39. The second-order valence-electron chi connectivity index (χ2n) is 7.15. The van der Waals surface area contributed by atoms with Gasteiger partial charge in [-0.05, 0) is 19.3 Å². The van der Waals surface area contributed by atoms with Gasteiger partial charge >= 0.3 is 0 Å². The molecule has 0 spiro atoms. The van der Waals surface area contributed by atoms with Crippen LogP contribution in [0.1, 0.15) is 77.6 Å². The maximum Gasteiger partial charge on any atom is 0.139 e. The van der Waals surface area contributed by atoms with E-state index in [1.54, 1.807) is 6.08 Å². The van der Waals surface area contributed by atoms with Gasteiger partial charge in [-0.1, -0.05) is 64.0 Å². The molecule has 3 N–H and O–H groups in total. The Morgan fingerprint density at radius 2 is 1.83 bits per heavy atom. The minimum absolute atomic E-state index is 0.100. The van der Waals surface area contributed by atoms with Crippen LogP contribution in [0.4, 0.5) is 0 Å². The highest BCUT2D eigenvalue weighted by Crippen LogP contribution is 2.34. The number of hydrogen-bond acceptors (Lipinski definition) is 4. The molecule has 0 heterocycles. The molecule has 4 atom stereocenters. The van der Waals surface area contributed by atoms with Gasteiger partial charge in [0.1, 0.15) is 5.78 Å². The molecule has 1 aliphatic rings. The predicted octanol–water partition coefficient (Wildman–Crippen LogP) is 3.38. The monoisotopic (exact) mass is 340 g/mol. The number of carbonyl (C=O) groups is 1. The third-order valence-electron chi connectivity index (χ3n) is 5.06. The van der Waals surface area contributed by atoms with E-state index >= 15 is 0 Å². The first-order valence-corrected chi connectivity index (χ1v) is 9.78. The Hall–Kier alpha value is -0.710. The fourth-order valence-electron chi connectivity index (χ4n) is 3.55. The zero-order chi connectivity index (χ0) is 17.8. The molecular weight excluding hydrogens is 304 g/mol. The molecule has 0 aromatic carbocycles. The Labute approximate surface area is 147 Å². The molecule has 1 fully saturated rings. The van der Waals surface area contributed by atoms with Crippen LogP contribution >= 0.6 is 0 Å². The van der Waals surface area contributed by atoms with Crippen molar-refractivity contribution in [2.75, 3.05) is 6.61 Å². The molecule has 0 aliphatic heterocycles. The van der Waals surface area contributed by atoms with Crippen LogP contribution < -0.4 is 0 Å². The van der Waals surface area contributed by atoms with Crippen molar-refractivity contribution in [3.05, 3.63) is 12.2 Å². The summed E-state index contributed by atoms with van der Waals surface area (Å²) in [5, 5.41) is 28.9. The Morgan fingerprint density at radius 3 is 2.54 bits per heavy atom. The summed E-state index contributed by atoms with van der Waals surface area (Å²) in [7, 11) is 0. The summed E-state index contributed by atoms with van der Waals surface area (Å²) >= 11 is 0. The highest BCUT2D eigenvalue weighted by molar-refractivity contribution is 5.84. The summed E-state index contributed by atoms with van der Waals surface area (Å²) < 4.78 is 0. The molecule has 0 bridgehead atoms. The third-order valence-corrected chi connectivity index (χ3v) is 5.06. The van der Waals surface area contributed by atoms with Crippen LogP contribution in [0.2, 0.25) is 0 Å². The predicted molar refractivity (Wildman–Crippen MR) is 96.7 cm³/mol. The Bertz CT molecular complexity index is 367. The van der Waals surface area contributed by atoms with Crippen molar-refractivity contribution in [3.63, 3.8) is 0 Å². The summed E-state index contributed by atoms with van der Waals surface area (Å²) in [6, 6.07) is 0. The molecule has 24 heavy (non-hydrogen) atoms. The van der Waals surface area contributed by atoms with Crippen molar-refractivity contribution < 1.29 is 20.1 Å². The SMILES string of the molecule is CCCCC[C@H](O)/C=C/[C@@H]1C(CCCCCCCO)C(=O)C[C@H]1O. The average molecular weight is 341 g/mol. The van der Waals surface area contributed by atoms with Gasteiger partial charge in [0.2, 0.25) is 0 Å². The van der Waals surface area contributed by atoms with Gasteiger partial charge in [0.05, 0.1) is 12.2 Å². The van der Waals surface area contributed by atoms with E-state index < -0.39 is 12.2 Å². The summed E-state index contributed by atoms with van der Waals surface area (Å²) in [4.78, 5) is 12.1. The van der Waals surface area contributed by atoms with Crippen LogP contribution in [-0.4, -0.2) is 39.9 Å². The number of rotatable bonds is 13. The second kappa shape index (κ2) is 12.6. The molecule has 1 rings (SSSR count). The van der Waals surface area contributed by atoms with Crippen molar-refractivity contribution in [3.8, 4) is 0 Å². The van der Waals surface area contributed by atoms with Crippen LogP contribution in [0.5, 0.6) is 0 Å². The van der Waals surface area contributed by atoms with Crippen molar-refractivity contribution in [1.29, 1.82) is 0 Å². The molecule has 0 saturated heterocycles. The van der Waals surface area contributed by atoms with Gasteiger partial charge in [0, 0.05) is 24.9 Å². The van der Waals surface area contributed by atoms with E-state index in [4.69, 9.17) is 5.11 Å². The van der Waals surface area contributed by atoms with Gasteiger partial charge in [-0.2, -0.15) is 0 Å². The number of ketones is 1. The lowest BCUT2D eigenvalue weighted by molar-refractivity contribution is -0.121. The smallest absolute Gasteiger partial charge is 0.139 e.